The summed E-state index contributed by atoms with van der Waals surface area (Å²) < 4.78 is 27.5. The number of hydrogen-bond donors (Lipinski definition) is 1. The van der Waals surface area contributed by atoms with E-state index in [2.05, 4.69) is 10.2 Å². The highest BCUT2D eigenvalue weighted by molar-refractivity contribution is 7.91. The van der Waals surface area contributed by atoms with Gasteiger partial charge in [0.1, 0.15) is 4.21 Å². The molecule has 1 spiro atoms. The van der Waals surface area contributed by atoms with E-state index in [1.807, 2.05) is 37.4 Å². The molecule has 0 saturated carbocycles. The van der Waals surface area contributed by atoms with E-state index in [0.29, 0.717) is 17.3 Å². The van der Waals surface area contributed by atoms with Crippen molar-refractivity contribution in [3.05, 3.63) is 47.8 Å². The maximum Gasteiger partial charge on any atom is 0.252 e. The Morgan fingerprint density at radius 1 is 1.14 bits per heavy atom. The van der Waals surface area contributed by atoms with Gasteiger partial charge in [-0.15, -0.1) is 11.3 Å². The molecular formula is C20H25N3O3S2. The Morgan fingerprint density at radius 3 is 2.50 bits per heavy atom. The summed E-state index contributed by atoms with van der Waals surface area (Å²) in [4.78, 5) is 14.9. The van der Waals surface area contributed by atoms with Crippen molar-refractivity contribution < 1.29 is 13.2 Å². The number of hydrogen-bond acceptors (Lipinski definition) is 5. The van der Waals surface area contributed by atoms with Gasteiger partial charge in [-0.25, -0.2) is 8.42 Å². The summed E-state index contributed by atoms with van der Waals surface area (Å²) in [5, 5.41) is 4.79. The molecule has 0 aliphatic carbocycles. The number of likely N-dealkylation sites (N-methyl/N-ethyl adjacent to an activating group) is 1. The molecule has 2 fully saturated rings. The minimum atomic E-state index is -3.39. The second kappa shape index (κ2) is 7.59. The zero-order valence-electron chi connectivity index (χ0n) is 15.9. The van der Waals surface area contributed by atoms with Crippen LogP contribution in [0, 0.1) is 5.41 Å². The maximum absolute atomic E-state index is 12.8. The number of amides is 1. The third-order valence-corrected chi connectivity index (χ3v) is 9.23. The van der Waals surface area contributed by atoms with Gasteiger partial charge in [-0.1, -0.05) is 24.3 Å². The quantitative estimate of drug-likeness (QED) is 0.827. The number of para-hydroxylation sites is 1. The monoisotopic (exact) mass is 419 g/mol. The van der Waals surface area contributed by atoms with E-state index in [1.165, 1.54) is 11.3 Å². The lowest BCUT2D eigenvalue weighted by atomic mass is 9.77. The lowest BCUT2D eigenvalue weighted by molar-refractivity contribution is -0.120. The van der Waals surface area contributed by atoms with Crippen LogP contribution in [0.15, 0.2) is 52.1 Å². The van der Waals surface area contributed by atoms with Crippen molar-refractivity contribution in [3.63, 3.8) is 0 Å². The Morgan fingerprint density at radius 2 is 1.86 bits per heavy atom. The minimum absolute atomic E-state index is 0.00884. The van der Waals surface area contributed by atoms with Crippen molar-refractivity contribution in [3.8, 4) is 0 Å². The highest BCUT2D eigenvalue weighted by Gasteiger charge is 2.48. The summed E-state index contributed by atoms with van der Waals surface area (Å²) in [7, 11) is -1.41. The number of anilines is 1. The number of nitrogens with one attached hydrogen (secondary N) is 1. The molecule has 2 aliphatic rings. The van der Waals surface area contributed by atoms with Crippen LogP contribution >= 0.6 is 11.3 Å². The Labute approximate surface area is 170 Å². The lowest BCUT2D eigenvalue weighted by Crippen LogP contribution is -2.43. The van der Waals surface area contributed by atoms with Gasteiger partial charge in [-0.3, -0.25) is 9.69 Å². The molecule has 8 heteroatoms. The molecular weight excluding hydrogens is 394 g/mol. The fraction of sp³-hybridized carbons (Fsp3) is 0.450. The van der Waals surface area contributed by atoms with Gasteiger partial charge in [0.15, 0.2) is 0 Å². The Kier molecular flexibility index (Phi) is 5.30. The number of rotatable bonds is 4. The molecule has 1 amide bonds. The molecule has 150 valence electrons. The lowest BCUT2D eigenvalue weighted by Gasteiger charge is -2.38. The van der Waals surface area contributed by atoms with Crippen LogP contribution in [-0.2, 0) is 14.8 Å². The van der Waals surface area contributed by atoms with Crippen molar-refractivity contribution in [1.29, 1.82) is 0 Å². The first-order valence-corrected chi connectivity index (χ1v) is 11.8. The third-order valence-electron chi connectivity index (χ3n) is 5.96. The number of sulfonamides is 1. The van der Waals surface area contributed by atoms with Gasteiger partial charge >= 0.3 is 0 Å². The van der Waals surface area contributed by atoms with E-state index in [9.17, 15) is 13.2 Å². The van der Waals surface area contributed by atoms with Gasteiger partial charge in [0.05, 0.1) is 6.04 Å². The summed E-state index contributed by atoms with van der Waals surface area (Å²) in [5.41, 5.74) is 0.813. The SMILES string of the molecule is CN1CC2(CCN(S(=O)(=O)c3cccs3)CC2)CC1C(=O)Nc1ccccc1. The normalized spacial score (nSPS) is 23.1. The summed E-state index contributed by atoms with van der Waals surface area (Å²) in [6, 6.07) is 12.7. The summed E-state index contributed by atoms with van der Waals surface area (Å²) >= 11 is 1.26. The van der Waals surface area contributed by atoms with Crippen molar-refractivity contribution in [2.45, 2.75) is 29.5 Å². The number of likely N-dealkylation sites (tertiary alicyclic amines) is 1. The Balaban J connectivity index is 1.40. The predicted molar refractivity (Wildman–Crippen MR) is 111 cm³/mol. The molecule has 1 aromatic heterocycles. The third kappa shape index (κ3) is 3.74. The van der Waals surface area contributed by atoms with Crippen LogP contribution in [0.4, 0.5) is 5.69 Å². The molecule has 6 nitrogen and oxygen atoms in total. The average Bonchev–Trinajstić information content (AvgIpc) is 3.32. The van der Waals surface area contributed by atoms with Crippen LogP contribution in [0.3, 0.4) is 0 Å². The van der Waals surface area contributed by atoms with Crippen LogP contribution in [0.25, 0.3) is 0 Å². The van der Waals surface area contributed by atoms with Crippen LogP contribution < -0.4 is 5.32 Å². The molecule has 4 rings (SSSR count). The van der Waals surface area contributed by atoms with Crippen LogP contribution in [-0.4, -0.2) is 56.3 Å². The number of piperidine rings is 1. The zero-order valence-corrected chi connectivity index (χ0v) is 17.5. The molecule has 1 atom stereocenters. The molecule has 2 aliphatic heterocycles. The summed E-state index contributed by atoms with van der Waals surface area (Å²) in [6.45, 7) is 1.86. The van der Waals surface area contributed by atoms with E-state index >= 15 is 0 Å². The first-order chi connectivity index (χ1) is 13.4. The molecule has 1 N–H and O–H groups in total. The Bertz CT molecular complexity index is 921. The number of carbonyl (C=O) groups excluding carboxylic acids is 1. The van der Waals surface area contributed by atoms with Crippen LogP contribution in [0.1, 0.15) is 19.3 Å². The van der Waals surface area contributed by atoms with Crippen molar-refractivity contribution in [1.82, 2.24) is 9.21 Å². The fourth-order valence-corrected chi connectivity index (χ4v) is 7.00. The molecule has 3 heterocycles. The van der Waals surface area contributed by atoms with Gasteiger partial charge < -0.3 is 5.32 Å². The average molecular weight is 420 g/mol. The van der Waals surface area contributed by atoms with E-state index in [1.54, 1.807) is 21.8 Å². The van der Waals surface area contributed by atoms with Gasteiger partial charge in [0, 0.05) is 25.3 Å². The van der Waals surface area contributed by atoms with Gasteiger partial charge in [0.2, 0.25) is 5.91 Å². The van der Waals surface area contributed by atoms with E-state index in [4.69, 9.17) is 0 Å². The smallest absolute Gasteiger partial charge is 0.252 e. The zero-order chi connectivity index (χ0) is 19.8. The van der Waals surface area contributed by atoms with Crippen LogP contribution in [0.5, 0.6) is 0 Å². The van der Waals surface area contributed by atoms with E-state index in [-0.39, 0.29) is 17.4 Å². The predicted octanol–water partition coefficient (Wildman–Crippen LogP) is 2.86. The number of thiophene rings is 1. The van der Waals surface area contributed by atoms with E-state index in [0.717, 1.165) is 31.5 Å². The fourth-order valence-electron chi connectivity index (χ4n) is 4.41. The topological polar surface area (TPSA) is 69.7 Å². The molecule has 28 heavy (non-hydrogen) atoms. The van der Waals surface area contributed by atoms with E-state index < -0.39 is 10.0 Å². The molecule has 0 bridgehead atoms. The number of nitrogens with zero attached hydrogens (tertiary/aromatic N) is 2. The molecule has 2 saturated heterocycles. The molecule has 1 unspecified atom stereocenters. The standard InChI is InChI=1S/C20H25N3O3S2/c1-22-15-20(14-17(22)19(24)21-16-6-3-2-4-7-16)9-11-23(12-10-20)28(25,26)18-8-5-13-27-18/h2-8,13,17H,9-12,14-15H2,1H3,(H,21,24). The van der Waals surface area contributed by atoms with Crippen molar-refractivity contribution in [2.24, 2.45) is 5.41 Å². The van der Waals surface area contributed by atoms with Gasteiger partial charge in [0.25, 0.3) is 10.0 Å². The summed E-state index contributed by atoms with van der Waals surface area (Å²) in [5.74, 6) is 0.0132. The number of carbonyl (C=O) groups is 1. The molecule has 0 radical (unpaired) electrons. The summed E-state index contributed by atoms with van der Waals surface area (Å²) in [6.07, 6.45) is 2.35. The minimum Gasteiger partial charge on any atom is -0.325 e. The maximum atomic E-state index is 12.8. The molecule has 2 aromatic rings. The second-order valence-electron chi connectivity index (χ2n) is 7.83. The Hall–Kier alpha value is -1.74. The second-order valence-corrected chi connectivity index (χ2v) is 10.9. The molecule has 1 aromatic carbocycles. The van der Waals surface area contributed by atoms with Crippen LogP contribution in [0.2, 0.25) is 0 Å². The largest absolute Gasteiger partial charge is 0.325 e. The van der Waals surface area contributed by atoms with Crippen molar-refractivity contribution >= 4 is 33.0 Å². The van der Waals surface area contributed by atoms with Gasteiger partial charge in [-0.05, 0) is 55.3 Å². The first kappa shape index (κ1) is 19.6. The van der Waals surface area contributed by atoms with Gasteiger partial charge in [-0.2, -0.15) is 4.31 Å². The number of benzene rings is 1. The highest BCUT2D eigenvalue weighted by Crippen LogP contribution is 2.44. The highest BCUT2D eigenvalue weighted by atomic mass is 32.2. The first-order valence-electron chi connectivity index (χ1n) is 9.50. The van der Waals surface area contributed by atoms with Crippen molar-refractivity contribution in [2.75, 3.05) is 32.0 Å².